The quantitative estimate of drug-likeness (QED) is 0.629. The molecule has 9 heteroatoms. The van der Waals surface area contributed by atoms with Gasteiger partial charge in [-0.15, -0.1) is 0 Å². The van der Waals surface area contributed by atoms with Crippen molar-refractivity contribution in [2.24, 2.45) is 0 Å². The van der Waals surface area contributed by atoms with Gasteiger partial charge >= 0.3 is 11.7 Å². The monoisotopic (exact) mass is 277 g/mol. The number of aromatic nitrogens is 3. The van der Waals surface area contributed by atoms with Crippen molar-refractivity contribution in [3.63, 3.8) is 0 Å². The Hall–Kier alpha value is -2.97. The van der Waals surface area contributed by atoms with E-state index in [1.165, 1.54) is 6.20 Å². The van der Waals surface area contributed by atoms with Gasteiger partial charge < -0.3 is 10.4 Å². The van der Waals surface area contributed by atoms with Crippen LogP contribution in [0.3, 0.4) is 0 Å². The number of nitrogens with one attached hydrogen (secondary N) is 1. The summed E-state index contributed by atoms with van der Waals surface area (Å²) in [4.78, 5) is 24.9. The summed E-state index contributed by atoms with van der Waals surface area (Å²) in [6.45, 7) is 2.54. The first kappa shape index (κ1) is 13.5. The Morgan fingerprint density at radius 2 is 2.30 bits per heavy atom. The second-order valence-electron chi connectivity index (χ2n) is 3.84. The molecule has 0 aliphatic heterocycles. The minimum atomic E-state index is -1.26. The van der Waals surface area contributed by atoms with Crippen molar-refractivity contribution in [1.29, 1.82) is 0 Å². The number of carbonyl (C=O) groups is 1. The van der Waals surface area contributed by atoms with Crippen LogP contribution in [0.1, 0.15) is 17.4 Å². The summed E-state index contributed by atoms with van der Waals surface area (Å²) < 4.78 is 1.62. The Balaban J connectivity index is 2.39. The number of aromatic carboxylic acids is 1. The summed E-state index contributed by atoms with van der Waals surface area (Å²) in [5.41, 5.74) is -0.0924. The number of aryl methyl sites for hydroxylation is 1. The maximum Gasteiger partial charge on any atom is 0.354 e. The minimum Gasteiger partial charge on any atom is -0.477 e. The van der Waals surface area contributed by atoms with E-state index in [9.17, 15) is 14.9 Å². The van der Waals surface area contributed by atoms with E-state index in [0.717, 1.165) is 12.1 Å². The molecule has 0 unspecified atom stereocenters. The number of anilines is 2. The van der Waals surface area contributed by atoms with Crippen LogP contribution in [-0.4, -0.2) is 30.8 Å². The van der Waals surface area contributed by atoms with Gasteiger partial charge in [-0.3, -0.25) is 14.8 Å². The minimum absolute atomic E-state index is 0.134. The molecule has 2 aromatic rings. The van der Waals surface area contributed by atoms with E-state index < -0.39 is 10.9 Å². The van der Waals surface area contributed by atoms with Crippen molar-refractivity contribution >= 4 is 23.2 Å². The van der Waals surface area contributed by atoms with E-state index >= 15 is 0 Å². The Morgan fingerprint density at radius 1 is 1.55 bits per heavy atom. The van der Waals surface area contributed by atoms with Crippen LogP contribution in [0.5, 0.6) is 0 Å². The van der Waals surface area contributed by atoms with Crippen molar-refractivity contribution in [1.82, 2.24) is 14.8 Å². The Kier molecular flexibility index (Phi) is 3.60. The number of carboxylic acids is 1. The van der Waals surface area contributed by atoms with Crippen LogP contribution >= 0.6 is 0 Å². The molecule has 0 bridgehead atoms. The molecule has 2 N–H and O–H groups in total. The van der Waals surface area contributed by atoms with Gasteiger partial charge in [0.05, 0.1) is 16.8 Å². The van der Waals surface area contributed by atoms with Gasteiger partial charge in [0.15, 0.2) is 5.69 Å². The van der Waals surface area contributed by atoms with Gasteiger partial charge in [-0.05, 0) is 13.0 Å². The summed E-state index contributed by atoms with van der Waals surface area (Å²) in [7, 11) is 0. The van der Waals surface area contributed by atoms with Gasteiger partial charge in [0.2, 0.25) is 5.82 Å². The summed E-state index contributed by atoms with van der Waals surface area (Å²) in [5, 5.41) is 26.5. The molecule has 20 heavy (non-hydrogen) atoms. The smallest absolute Gasteiger partial charge is 0.354 e. The third-order valence-corrected chi connectivity index (χ3v) is 2.51. The van der Waals surface area contributed by atoms with Gasteiger partial charge in [-0.25, -0.2) is 9.78 Å². The molecule has 0 saturated heterocycles. The molecule has 2 rings (SSSR count). The van der Waals surface area contributed by atoms with Crippen molar-refractivity contribution in [2.75, 3.05) is 5.32 Å². The fourth-order valence-electron chi connectivity index (χ4n) is 1.55. The van der Waals surface area contributed by atoms with E-state index in [4.69, 9.17) is 5.11 Å². The zero-order valence-electron chi connectivity index (χ0n) is 10.5. The Labute approximate surface area is 113 Å². The molecule has 9 nitrogen and oxygen atoms in total. The molecule has 0 spiro atoms. The van der Waals surface area contributed by atoms with Gasteiger partial charge in [0.25, 0.3) is 0 Å². The lowest BCUT2D eigenvalue weighted by atomic mass is 10.3. The van der Waals surface area contributed by atoms with Crippen LogP contribution < -0.4 is 5.32 Å². The molecule has 0 aromatic carbocycles. The summed E-state index contributed by atoms with van der Waals surface area (Å²) in [6.07, 6.45) is 3.11. The number of rotatable bonds is 5. The molecule has 2 heterocycles. The number of pyridine rings is 1. The average molecular weight is 277 g/mol. The highest BCUT2D eigenvalue weighted by Crippen LogP contribution is 2.25. The van der Waals surface area contributed by atoms with E-state index in [1.807, 2.05) is 6.92 Å². The van der Waals surface area contributed by atoms with Crippen molar-refractivity contribution in [3.8, 4) is 0 Å². The number of nitro groups is 1. The Morgan fingerprint density at radius 3 is 2.85 bits per heavy atom. The topological polar surface area (TPSA) is 123 Å². The van der Waals surface area contributed by atoms with E-state index in [2.05, 4.69) is 15.4 Å². The molecule has 0 radical (unpaired) electrons. The fraction of sp³-hybridized carbons (Fsp3) is 0.182. The number of carboxylic acid groups (broad SMARTS) is 1. The van der Waals surface area contributed by atoms with Crippen LogP contribution in [0.2, 0.25) is 0 Å². The average Bonchev–Trinajstić information content (AvgIpc) is 2.86. The van der Waals surface area contributed by atoms with Crippen LogP contribution in [0, 0.1) is 10.1 Å². The maximum absolute atomic E-state index is 10.9. The van der Waals surface area contributed by atoms with Gasteiger partial charge in [-0.1, -0.05) is 0 Å². The summed E-state index contributed by atoms with van der Waals surface area (Å²) >= 11 is 0. The maximum atomic E-state index is 10.9. The zero-order valence-corrected chi connectivity index (χ0v) is 10.5. The first-order chi connectivity index (χ1) is 9.51. The molecule has 0 saturated carbocycles. The van der Waals surface area contributed by atoms with Crippen LogP contribution in [0.25, 0.3) is 0 Å². The predicted molar refractivity (Wildman–Crippen MR) is 69.0 cm³/mol. The van der Waals surface area contributed by atoms with Crippen LogP contribution in [-0.2, 0) is 6.54 Å². The van der Waals surface area contributed by atoms with Crippen LogP contribution in [0.4, 0.5) is 17.2 Å². The number of nitrogens with zero attached hydrogens (tertiary/aromatic N) is 4. The highest BCUT2D eigenvalue weighted by Gasteiger charge is 2.19. The lowest BCUT2D eigenvalue weighted by molar-refractivity contribution is -0.384. The van der Waals surface area contributed by atoms with Gasteiger partial charge in [0, 0.05) is 18.8 Å². The third kappa shape index (κ3) is 2.71. The van der Waals surface area contributed by atoms with Crippen LogP contribution in [0.15, 0.2) is 24.5 Å². The first-order valence-electron chi connectivity index (χ1n) is 5.69. The van der Waals surface area contributed by atoms with Crippen molar-refractivity contribution in [3.05, 3.63) is 40.3 Å². The predicted octanol–water partition coefficient (Wildman–Crippen LogP) is 1.65. The number of hydrogen-bond donors (Lipinski definition) is 2. The molecular weight excluding hydrogens is 266 g/mol. The molecule has 0 aliphatic carbocycles. The molecule has 2 aromatic heterocycles. The SMILES string of the molecule is CCn1cc(Nc2nc(C(=O)O)ccc2[N+](=O)[O-])cn1. The standard InChI is InChI=1S/C11H11N5O4/c1-2-15-6-7(5-12-15)13-10-9(16(19)20)4-3-8(14-10)11(17)18/h3-6H,2H2,1H3,(H,13,14)(H,17,18). The second-order valence-corrected chi connectivity index (χ2v) is 3.84. The molecule has 0 aliphatic rings. The molecule has 0 amide bonds. The van der Waals surface area contributed by atoms with Gasteiger partial charge in [0.1, 0.15) is 0 Å². The molecule has 104 valence electrons. The highest BCUT2D eigenvalue weighted by molar-refractivity contribution is 5.86. The number of hydrogen-bond acceptors (Lipinski definition) is 6. The van der Waals surface area contributed by atoms with E-state index in [0.29, 0.717) is 12.2 Å². The summed E-state index contributed by atoms with van der Waals surface area (Å²) in [6, 6.07) is 2.18. The lowest BCUT2D eigenvalue weighted by Crippen LogP contribution is -2.05. The van der Waals surface area contributed by atoms with E-state index in [1.54, 1.807) is 10.9 Å². The normalized spacial score (nSPS) is 10.2. The van der Waals surface area contributed by atoms with Crippen molar-refractivity contribution in [2.45, 2.75) is 13.5 Å². The first-order valence-corrected chi connectivity index (χ1v) is 5.69. The second kappa shape index (κ2) is 5.34. The highest BCUT2D eigenvalue weighted by atomic mass is 16.6. The lowest BCUT2D eigenvalue weighted by Gasteiger charge is -2.04. The van der Waals surface area contributed by atoms with E-state index in [-0.39, 0.29) is 17.2 Å². The van der Waals surface area contributed by atoms with Gasteiger partial charge in [-0.2, -0.15) is 5.10 Å². The zero-order chi connectivity index (χ0) is 14.7. The van der Waals surface area contributed by atoms with Crippen molar-refractivity contribution < 1.29 is 14.8 Å². The summed E-state index contributed by atoms with van der Waals surface area (Å²) in [5.74, 6) is -1.39. The molecule has 0 fully saturated rings. The molecular formula is C11H11N5O4. The molecule has 0 atom stereocenters. The Bertz CT molecular complexity index is 667. The largest absolute Gasteiger partial charge is 0.477 e. The third-order valence-electron chi connectivity index (χ3n) is 2.51. The fourth-order valence-corrected chi connectivity index (χ4v) is 1.55.